The molecule has 400 valence electrons. The molecule has 0 saturated heterocycles. The van der Waals surface area contributed by atoms with Crippen molar-refractivity contribution >= 4 is 5.91 Å². The topological polar surface area (TPSA) is 69.6 Å². The number of carbonyl (C=O) groups excluding carboxylic acids is 1. The van der Waals surface area contributed by atoms with Gasteiger partial charge in [0.1, 0.15) is 0 Å². The first-order valence-corrected chi connectivity index (χ1v) is 31.4. The Labute approximate surface area is 422 Å². The van der Waals surface area contributed by atoms with Crippen LogP contribution in [0.3, 0.4) is 0 Å². The van der Waals surface area contributed by atoms with Crippen LogP contribution in [0.15, 0.2) is 12.2 Å². The summed E-state index contributed by atoms with van der Waals surface area (Å²) in [6, 6.07) is -0.534. The zero-order valence-electron chi connectivity index (χ0n) is 46.2. The highest BCUT2D eigenvalue weighted by Gasteiger charge is 2.20. The molecular formula is C63H125NO3. The molecule has 0 aromatic carbocycles. The van der Waals surface area contributed by atoms with Gasteiger partial charge in [0.25, 0.3) is 0 Å². The molecule has 0 aromatic heterocycles. The standard InChI is InChI=1S/C63H125NO3/c1-3-5-7-9-11-13-15-17-19-21-23-25-27-29-30-31-32-33-34-35-37-39-41-43-45-47-49-51-53-55-57-59-63(67)64-61(60-65)62(66)58-56-54-52-50-48-46-44-42-40-38-36-28-26-24-22-20-18-16-14-12-10-8-6-4-2/h29-30,61-62,65-66H,3-28,31-60H2,1-2H3,(H,64,67)/b30-29-. The maximum Gasteiger partial charge on any atom is 0.220 e. The van der Waals surface area contributed by atoms with E-state index >= 15 is 0 Å². The summed E-state index contributed by atoms with van der Waals surface area (Å²) in [5.41, 5.74) is 0. The lowest BCUT2D eigenvalue weighted by Crippen LogP contribution is -2.45. The van der Waals surface area contributed by atoms with E-state index in [4.69, 9.17) is 0 Å². The van der Waals surface area contributed by atoms with E-state index in [2.05, 4.69) is 31.3 Å². The van der Waals surface area contributed by atoms with Gasteiger partial charge in [-0.1, -0.05) is 334 Å². The van der Waals surface area contributed by atoms with E-state index in [-0.39, 0.29) is 12.5 Å². The molecule has 0 aromatic rings. The minimum Gasteiger partial charge on any atom is -0.394 e. The van der Waals surface area contributed by atoms with Gasteiger partial charge in [-0.15, -0.1) is 0 Å². The summed E-state index contributed by atoms with van der Waals surface area (Å²) < 4.78 is 0. The smallest absolute Gasteiger partial charge is 0.220 e. The van der Waals surface area contributed by atoms with Crippen LogP contribution in [0.25, 0.3) is 0 Å². The molecule has 2 atom stereocenters. The quantitative estimate of drug-likeness (QED) is 0.0420. The van der Waals surface area contributed by atoms with Crippen molar-refractivity contribution in [2.45, 2.75) is 379 Å². The number of aliphatic hydroxyl groups excluding tert-OH is 2. The molecule has 2 unspecified atom stereocenters. The van der Waals surface area contributed by atoms with Crippen LogP contribution in [0.5, 0.6) is 0 Å². The van der Waals surface area contributed by atoms with Crippen molar-refractivity contribution in [3.05, 3.63) is 12.2 Å². The minimum atomic E-state index is -0.658. The minimum absolute atomic E-state index is 0.0229. The molecule has 0 radical (unpaired) electrons. The number of aliphatic hydroxyl groups is 2. The Morgan fingerprint density at radius 2 is 0.567 bits per heavy atom. The average Bonchev–Trinajstić information content (AvgIpc) is 3.33. The van der Waals surface area contributed by atoms with E-state index in [9.17, 15) is 15.0 Å². The molecule has 0 saturated carbocycles. The maximum atomic E-state index is 12.5. The summed E-state index contributed by atoms with van der Waals surface area (Å²) in [6.45, 7) is 4.41. The van der Waals surface area contributed by atoms with Crippen molar-refractivity contribution in [2.24, 2.45) is 0 Å². The number of hydrogen-bond donors (Lipinski definition) is 3. The van der Waals surface area contributed by atoms with E-state index in [0.717, 1.165) is 25.7 Å². The number of unbranched alkanes of at least 4 members (excludes halogenated alkanes) is 50. The van der Waals surface area contributed by atoms with Gasteiger partial charge in [-0.3, -0.25) is 4.79 Å². The lowest BCUT2D eigenvalue weighted by Gasteiger charge is -2.22. The molecule has 0 heterocycles. The maximum absolute atomic E-state index is 12.5. The van der Waals surface area contributed by atoms with Crippen LogP contribution in [0, 0.1) is 0 Å². The number of hydrogen-bond acceptors (Lipinski definition) is 3. The van der Waals surface area contributed by atoms with Gasteiger partial charge in [-0.25, -0.2) is 0 Å². The summed E-state index contributed by atoms with van der Waals surface area (Å²) in [4.78, 5) is 12.5. The van der Waals surface area contributed by atoms with Crippen LogP contribution < -0.4 is 5.32 Å². The van der Waals surface area contributed by atoms with Crippen molar-refractivity contribution < 1.29 is 15.0 Å². The highest BCUT2D eigenvalue weighted by Crippen LogP contribution is 2.19. The van der Waals surface area contributed by atoms with Crippen molar-refractivity contribution in [3.8, 4) is 0 Å². The van der Waals surface area contributed by atoms with E-state index in [1.54, 1.807) is 0 Å². The normalized spacial score (nSPS) is 12.7. The van der Waals surface area contributed by atoms with Gasteiger partial charge in [0, 0.05) is 6.42 Å². The van der Waals surface area contributed by atoms with Gasteiger partial charge in [0.05, 0.1) is 18.8 Å². The molecular weight excluding hydrogens is 819 g/mol. The lowest BCUT2D eigenvalue weighted by molar-refractivity contribution is -0.123. The molecule has 4 heteroatoms. The molecule has 3 N–H and O–H groups in total. The third-order valence-corrected chi connectivity index (χ3v) is 15.0. The fourth-order valence-corrected chi connectivity index (χ4v) is 10.2. The second kappa shape index (κ2) is 59.4. The highest BCUT2D eigenvalue weighted by molar-refractivity contribution is 5.76. The van der Waals surface area contributed by atoms with Crippen LogP contribution in [-0.2, 0) is 4.79 Å². The Hall–Kier alpha value is -0.870. The molecule has 0 aliphatic rings. The molecule has 0 spiro atoms. The summed E-state index contributed by atoms with van der Waals surface area (Å²) in [7, 11) is 0. The molecule has 67 heavy (non-hydrogen) atoms. The number of rotatable bonds is 59. The van der Waals surface area contributed by atoms with Crippen LogP contribution in [-0.4, -0.2) is 34.9 Å². The van der Waals surface area contributed by atoms with Crippen LogP contribution in [0.2, 0.25) is 0 Å². The zero-order valence-corrected chi connectivity index (χ0v) is 46.2. The first-order chi connectivity index (χ1) is 33.2. The largest absolute Gasteiger partial charge is 0.394 e. The van der Waals surface area contributed by atoms with Crippen molar-refractivity contribution in [3.63, 3.8) is 0 Å². The first kappa shape index (κ1) is 66.1. The summed E-state index contributed by atoms with van der Waals surface area (Å²) >= 11 is 0. The molecule has 1 amide bonds. The third kappa shape index (κ3) is 55.9. The van der Waals surface area contributed by atoms with Crippen LogP contribution >= 0.6 is 0 Å². The number of allylic oxidation sites excluding steroid dienone is 2. The van der Waals surface area contributed by atoms with Crippen molar-refractivity contribution in [2.75, 3.05) is 6.61 Å². The van der Waals surface area contributed by atoms with Gasteiger partial charge >= 0.3 is 0 Å². The van der Waals surface area contributed by atoms with Gasteiger partial charge in [0.15, 0.2) is 0 Å². The van der Waals surface area contributed by atoms with Crippen molar-refractivity contribution in [1.82, 2.24) is 5.32 Å². The highest BCUT2D eigenvalue weighted by atomic mass is 16.3. The molecule has 0 rings (SSSR count). The van der Waals surface area contributed by atoms with E-state index < -0.39 is 12.1 Å². The van der Waals surface area contributed by atoms with E-state index in [1.807, 2.05) is 0 Å². The second-order valence-corrected chi connectivity index (χ2v) is 21.8. The van der Waals surface area contributed by atoms with Crippen molar-refractivity contribution in [1.29, 1.82) is 0 Å². The van der Waals surface area contributed by atoms with Crippen LogP contribution in [0.1, 0.15) is 367 Å². The Morgan fingerprint density at radius 3 is 0.821 bits per heavy atom. The molecule has 0 bridgehead atoms. The predicted molar refractivity (Wildman–Crippen MR) is 299 cm³/mol. The average molecular weight is 945 g/mol. The van der Waals surface area contributed by atoms with E-state index in [1.165, 1.54) is 315 Å². The summed E-state index contributed by atoms with van der Waals surface area (Å²) in [5.74, 6) is -0.0229. The SMILES string of the molecule is CCCCCCCCCCCCCC/C=C\CCCCCCCCCCCCCCCCCC(=O)NC(CO)C(O)CCCCCCCCCCCCCCCCCCCCCCCCCC. The van der Waals surface area contributed by atoms with Gasteiger partial charge in [-0.2, -0.15) is 0 Å². The Balaban J connectivity index is 3.39. The second-order valence-electron chi connectivity index (χ2n) is 21.8. The Bertz CT molecular complexity index is 936. The molecule has 4 nitrogen and oxygen atoms in total. The summed E-state index contributed by atoms with van der Waals surface area (Å²) in [5, 5.41) is 23.4. The number of nitrogens with one attached hydrogen (secondary N) is 1. The monoisotopic (exact) mass is 944 g/mol. The summed E-state index contributed by atoms with van der Waals surface area (Å²) in [6.07, 6.45) is 78.0. The Morgan fingerprint density at radius 1 is 0.343 bits per heavy atom. The predicted octanol–water partition coefficient (Wildman–Crippen LogP) is 20.9. The first-order valence-electron chi connectivity index (χ1n) is 31.4. The fourth-order valence-electron chi connectivity index (χ4n) is 10.2. The molecule has 0 fully saturated rings. The molecule has 0 aliphatic heterocycles. The van der Waals surface area contributed by atoms with Crippen LogP contribution in [0.4, 0.5) is 0 Å². The Kier molecular flexibility index (Phi) is 58.7. The molecule has 0 aliphatic carbocycles. The van der Waals surface area contributed by atoms with Gasteiger partial charge in [-0.05, 0) is 38.5 Å². The number of amides is 1. The van der Waals surface area contributed by atoms with Gasteiger partial charge < -0.3 is 15.5 Å². The fraction of sp³-hybridized carbons (Fsp3) is 0.952. The lowest BCUT2D eigenvalue weighted by atomic mass is 10.0. The van der Waals surface area contributed by atoms with Gasteiger partial charge in [0.2, 0.25) is 5.91 Å². The zero-order chi connectivity index (χ0) is 48.5. The van der Waals surface area contributed by atoms with E-state index in [0.29, 0.717) is 12.8 Å². The third-order valence-electron chi connectivity index (χ3n) is 15.0. The number of carbonyl (C=O) groups is 1.